The number of para-hydroxylation sites is 1. The second-order valence-corrected chi connectivity index (χ2v) is 5.61. The van der Waals surface area contributed by atoms with E-state index < -0.39 is 0 Å². The average Bonchev–Trinajstić information content (AvgIpc) is 3.16. The van der Waals surface area contributed by atoms with Crippen molar-refractivity contribution in [1.82, 2.24) is 24.8 Å². The van der Waals surface area contributed by atoms with Crippen LogP contribution in [0.3, 0.4) is 0 Å². The van der Waals surface area contributed by atoms with Crippen LogP contribution in [0, 0.1) is 0 Å². The molecular weight excluding hydrogens is 296 g/mol. The number of nitrogens with zero attached hydrogens (tertiary/aromatic N) is 5. The number of aromatic nitrogens is 5. The quantitative estimate of drug-likeness (QED) is 0.630. The van der Waals surface area contributed by atoms with Crippen molar-refractivity contribution in [3.63, 3.8) is 0 Å². The van der Waals surface area contributed by atoms with E-state index in [-0.39, 0.29) is 0 Å². The van der Waals surface area contributed by atoms with E-state index in [1.165, 1.54) is 11.3 Å². The predicted molar refractivity (Wildman–Crippen MR) is 86.9 cm³/mol. The molecule has 0 amide bonds. The number of anilines is 1. The van der Waals surface area contributed by atoms with Gasteiger partial charge in [0.25, 0.3) is 0 Å². The Hall–Kier alpha value is -2.80. The van der Waals surface area contributed by atoms with Crippen molar-refractivity contribution < 1.29 is 0 Å². The van der Waals surface area contributed by atoms with Crippen molar-refractivity contribution in [2.45, 2.75) is 0 Å². The predicted octanol–water partition coefficient (Wildman–Crippen LogP) is 2.96. The van der Waals surface area contributed by atoms with Crippen LogP contribution in [0.2, 0.25) is 0 Å². The maximum absolute atomic E-state index is 4.65. The zero-order valence-electron chi connectivity index (χ0n) is 11.8. The van der Waals surface area contributed by atoms with Gasteiger partial charge in [0, 0.05) is 36.3 Å². The number of fused-ring (bicyclic) bond motifs is 1. The molecular formula is C15H12N6S. The Morgan fingerprint density at radius 2 is 1.86 bits per heavy atom. The molecule has 22 heavy (non-hydrogen) atoms. The molecule has 3 heterocycles. The second kappa shape index (κ2) is 5.19. The first kappa shape index (κ1) is 12.9. The number of pyridine rings is 1. The average molecular weight is 308 g/mol. The van der Waals surface area contributed by atoms with E-state index in [1.54, 1.807) is 16.9 Å². The highest BCUT2D eigenvalue weighted by atomic mass is 32.1. The normalized spacial score (nSPS) is 11.0. The van der Waals surface area contributed by atoms with Crippen LogP contribution < -0.4 is 5.32 Å². The van der Waals surface area contributed by atoms with Crippen molar-refractivity contribution in [2.24, 2.45) is 0 Å². The lowest BCUT2D eigenvalue weighted by Crippen LogP contribution is -1.96. The van der Waals surface area contributed by atoms with Gasteiger partial charge in [-0.05, 0) is 24.3 Å². The Balaban J connectivity index is 1.88. The monoisotopic (exact) mass is 308 g/mol. The lowest BCUT2D eigenvalue weighted by Gasteiger charge is -2.05. The minimum Gasteiger partial charge on any atom is -0.388 e. The standard InChI is InChI=1S/C15H12N6S/c1-16-12-5-3-2-4-11(12)13-18-19-15-21(13)20-14(22-15)10-6-8-17-9-7-10/h2-9,16H,1H3. The molecule has 3 aromatic heterocycles. The highest BCUT2D eigenvalue weighted by Gasteiger charge is 2.16. The van der Waals surface area contributed by atoms with Crippen molar-refractivity contribution >= 4 is 22.0 Å². The van der Waals surface area contributed by atoms with Crippen LogP contribution >= 0.6 is 11.3 Å². The van der Waals surface area contributed by atoms with Gasteiger partial charge in [0.05, 0.1) is 0 Å². The smallest absolute Gasteiger partial charge is 0.235 e. The molecule has 0 radical (unpaired) electrons. The molecule has 0 saturated carbocycles. The maximum Gasteiger partial charge on any atom is 0.235 e. The molecule has 1 aromatic carbocycles. The third kappa shape index (κ3) is 2.03. The highest BCUT2D eigenvalue weighted by Crippen LogP contribution is 2.30. The summed E-state index contributed by atoms with van der Waals surface area (Å²) in [5.41, 5.74) is 3.00. The first-order chi connectivity index (χ1) is 10.9. The molecule has 6 nitrogen and oxygen atoms in total. The summed E-state index contributed by atoms with van der Waals surface area (Å²) in [4.78, 5) is 4.81. The van der Waals surface area contributed by atoms with Gasteiger partial charge in [-0.3, -0.25) is 4.98 Å². The van der Waals surface area contributed by atoms with Crippen LogP contribution in [0.25, 0.3) is 26.9 Å². The molecule has 0 aliphatic carbocycles. The summed E-state index contributed by atoms with van der Waals surface area (Å²) < 4.78 is 1.79. The summed E-state index contributed by atoms with van der Waals surface area (Å²) in [5.74, 6) is 0.733. The number of hydrogen-bond donors (Lipinski definition) is 1. The van der Waals surface area contributed by atoms with Gasteiger partial charge in [-0.2, -0.15) is 9.61 Å². The van der Waals surface area contributed by atoms with Crippen molar-refractivity contribution in [1.29, 1.82) is 0 Å². The van der Waals surface area contributed by atoms with E-state index in [4.69, 9.17) is 0 Å². The largest absolute Gasteiger partial charge is 0.388 e. The van der Waals surface area contributed by atoms with Crippen molar-refractivity contribution in [3.05, 3.63) is 48.8 Å². The molecule has 108 valence electrons. The molecule has 4 aromatic rings. The Bertz CT molecular complexity index is 928. The molecule has 0 atom stereocenters. The van der Waals surface area contributed by atoms with Gasteiger partial charge in [-0.1, -0.05) is 23.5 Å². The zero-order valence-corrected chi connectivity index (χ0v) is 12.6. The van der Waals surface area contributed by atoms with Gasteiger partial charge >= 0.3 is 0 Å². The van der Waals surface area contributed by atoms with Crippen LogP contribution in [0.5, 0.6) is 0 Å². The van der Waals surface area contributed by atoms with E-state index in [1.807, 2.05) is 43.4 Å². The number of benzene rings is 1. The number of nitrogens with one attached hydrogen (secondary N) is 1. The van der Waals surface area contributed by atoms with Gasteiger partial charge in [-0.25, -0.2) is 0 Å². The summed E-state index contributed by atoms with van der Waals surface area (Å²) in [6, 6.07) is 11.9. The van der Waals surface area contributed by atoms with Gasteiger partial charge in [-0.15, -0.1) is 10.2 Å². The van der Waals surface area contributed by atoms with Crippen LogP contribution in [0.15, 0.2) is 48.8 Å². The maximum atomic E-state index is 4.65. The highest BCUT2D eigenvalue weighted by molar-refractivity contribution is 7.19. The minimum atomic E-state index is 0.733. The lowest BCUT2D eigenvalue weighted by atomic mass is 10.1. The molecule has 0 saturated heterocycles. The summed E-state index contributed by atoms with van der Waals surface area (Å²) in [7, 11) is 1.89. The Morgan fingerprint density at radius 1 is 1.05 bits per heavy atom. The second-order valence-electron chi connectivity index (χ2n) is 4.66. The third-order valence-corrected chi connectivity index (χ3v) is 4.30. The lowest BCUT2D eigenvalue weighted by molar-refractivity contribution is 0.970. The molecule has 0 aliphatic rings. The first-order valence-electron chi connectivity index (χ1n) is 6.76. The summed E-state index contributed by atoms with van der Waals surface area (Å²) in [6.07, 6.45) is 3.52. The molecule has 0 fully saturated rings. The molecule has 4 rings (SSSR count). The molecule has 0 bridgehead atoms. The molecule has 0 spiro atoms. The summed E-state index contributed by atoms with van der Waals surface area (Å²) in [6.45, 7) is 0. The van der Waals surface area contributed by atoms with E-state index in [2.05, 4.69) is 25.6 Å². The number of hydrogen-bond acceptors (Lipinski definition) is 6. The fourth-order valence-corrected chi connectivity index (χ4v) is 3.14. The van der Waals surface area contributed by atoms with Gasteiger partial charge < -0.3 is 5.32 Å². The van der Waals surface area contributed by atoms with Crippen molar-refractivity contribution in [2.75, 3.05) is 12.4 Å². The Morgan fingerprint density at radius 3 is 2.68 bits per heavy atom. The van der Waals surface area contributed by atoms with Crippen LogP contribution in [0.4, 0.5) is 5.69 Å². The van der Waals surface area contributed by atoms with Gasteiger partial charge in [0.2, 0.25) is 4.96 Å². The van der Waals surface area contributed by atoms with E-state index in [0.717, 1.165) is 32.6 Å². The zero-order chi connectivity index (χ0) is 14.9. The Labute approximate surface area is 130 Å². The van der Waals surface area contributed by atoms with Crippen LogP contribution in [-0.4, -0.2) is 31.8 Å². The molecule has 1 N–H and O–H groups in total. The van der Waals surface area contributed by atoms with Gasteiger partial charge in [0.1, 0.15) is 5.01 Å². The topological polar surface area (TPSA) is 68.0 Å². The SMILES string of the molecule is CNc1ccccc1-c1nnc2sc(-c3ccncc3)nn12. The van der Waals surface area contributed by atoms with E-state index in [9.17, 15) is 0 Å². The molecule has 7 heteroatoms. The first-order valence-corrected chi connectivity index (χ1v) is 7.58. The summed E-state index contributed by atoms with van der Waals surface area (Å²) in [5, 5.41) is 17.2. The minimum absolute atomic E-state index is 0.733. The molecule has 0 unspecified atom stereocenters. The summed E-state index contributed by atoms with van der Waals surface area (Å²) >= 11 is 1.51. The fraction of sp³-hybridized carbons (Fsp3) is 0.0667. The van der Waals surface area contributed by atoms with Crippen LogP contribution in [-0.2, 0) is 0 Å². The van der Waals surface area contributed by atoms with E-state index >= 15 is 0 Å². The van der Waals surface area contributed by atoms with Crippen LogP contribution in [0.1, 0.15) is 0 Å². The van der Waals surface area contributed by atoms with Gasteiger partial charge in [0.15, 0.2) is 5.82 Å². The van der Waals surface area contributed by atoms with E-state index in [0.29, 0.717) is 0 Å². The Kier molecular flexibility index (Phi) is 3.05. The van der Waals surface area contributed by atoms with Crippen molar-refractivity contribution in [3.8, 4) is 22.0 Å². The third-order valence-electron chi connectivity index (χ3n) is 3.36. The molecule has 0 aliphatic heterocycles. The fourth-order valence-electron chi connectivity index (χ4n) is 2.29. The number of rotatable bonds is 3.